The average Bonchev–Trinajstić information content (AvgIpc) is 2.44. The molecule has 0 aliphatic heterocycles. The maximum atomic E-state index is 12.3. The lowest BCUT2D eigenvalue weighted by atomic mass is 9.92. The van der Waals surface area contributed by atoms with Gasteiger partial charge < -0.3 is 11.1 Å². The Kier molecular flexibility index (Phi) is 4.42. The van der Waals surface area contributed by atoms with Crippen molar-refractivity contribution in [2.45, 2.75) is 12.5 Å². The van der Waals surface area contributed by atoms with Gasteiger partial charge in [0.15, 0.2) is 0 Å². The van der Waals surface area contributed by atoms with Crippen molar-refractivity contribution in [3.8, 4) is 0 Å². The minimum atomic E-state index is -1.13. The van der Waals surface area contributed by atoms with Crippen LogP contribution in [0.5, 0.6) is 0 Å². The summed E-state index contributed by atoms with van der Waals surface area (Å²) in [6.07, 6.45) is 1.48. The smallest absolute Gasteiger partial charge is 0.248 e. The molecule has 6 heteroatoms. The first-order valence-electron chi connectivity index (χ1n) is 5.88. The lowest BCUT2D eigenvalue weighted by molar-refractivity contribution is -0.120. The van der Waals surface area contributed by atoms with Crippen molar-refractivity contribution in [2.24, 2.45) is 5.73 Å². The highest BCUT2D eigenvalue weighted by atomic mass is 79.9. The van der Waals surface area contributed by atoms with E-state index < -0.39 is 5.54 Å². The van der Waals surface area contributed by atoms with E-state index in [0.717, 1.165) is 5.56 Å². The van der Waals surface area contributed by atoms with Gasteiger partial charge in [-0.1, -0.05) is 41.9 Å². The van der Waals surface area contributed by atoms with Crippen molar-refractivity contribution in [3.05, 3.63) is 57.8 Å². The van der Waals surface area contributed by atoms with Gasteiger partial charge in [0.2, 0.25) is 5.91 Å². The van der Waals surface area contributed by atoms with E-state index >= 15 is 0 Å². The fraction of sp³-hybridized carbons (Fsp3) is 0.143. The molecule has 1 aromatic heterocycles. The number of hydrogen-bond acceptors (Lipinski definition) is 3. The maximum Gasteiger partial charge on any atom is 0.248 e. The molecule has 3 N–H and O–H groups in total. The second-order valence-electron chi connectivity index (χ2n) is 4.52. The van der Waals surface area contributed by atoms with Gasteiger partial charge >= 0.3 is 0 Å². The Morgan fingerprint density at radius 2 is 2.05 bits per heavy atom. The monoisotopic (exact) mass is 353 g/mol. The molecule has 0 aliphatic rings. The summed E-state index contributed by atoms with van der Waals surface area (Å²) in [5.74, 6) is -0.320. The number of nitrogens with zero attached hydrogens (tertiary/aromatic N) is 1. The van der Waals surface area contributed by atoms with Crippen LogP contribution in [-0.4, -0.2) is 10.9 Å². The third-order valence-electron chi connectivity index (χ3n) is 2.90. The number of amides is 1. The van der Waals surface area contributed by atoms with Crippen LogP contribution >= 0.6 is 27.5 Å². The van der Waals surface area contributed by atoms with Gasteiger partial charge in [-0.25, -0.2) is 4.98 Å². The molecule has 1 aromatic carbocycles. The Morgan fingerprint density at radius 3 is 2.65 bits per heavy atom. The summed E-state index contributed by atoms with van der Waals surface area (Å²) in [6, 6.07) is 10.9. The highest BCUT2D eigenvalue weighted by Crippen LogP contribution is 2.24. The topological polar surface area (TPSA) is 68.0 Å². The highest BCUT2D eigenvalue weighted by Gasteiger charge is 2.30. The van der Waals surface area contributed by atoms with E-state index in [0.29, 0.717) is 15.3 Å². The molecule has 0 bridgehead atoms. The minimum absolute atomic E-state index is 0.320. The normalized spacial score (nSPS) is 13.6. The van der Waals surface area contributed by atoms with Crippen LogP contribution in [0.2, 0.25) is 5.15 Å². The number of halogens is 2. The van der Waals surface area contributed by atoms with Gasteiger partial charge in [-0.3, -0.25) is 4.79 Å². The van der Waals surface area contributed by atoms with E-state index in [1.807, 2.05) is 30.3 Å². The summed E-state index contributed by atoms with van der Waals surface area (Å²) in [7, 11) is 0. The van der Waals surface area contributed by atoms with Crippen molar-refractivity contribution in [1.82, 2.24) is 4.98 Å². The lowest BCUT2D eigenvalue weighted by Gasteiger charge is -2.24. The van der Waals surface area contributed by atoms with E-state index in [1.165, 1.54) is 6.20 Å². The molecule has 1 unspecified atom stereocenters. The second-order valence-corrected chi connectivity index (χ2v) is 5.73. The molecule has 0 aliphatic carbocycles. The molecule has 0 radical (unpaired) electrons. The second kappa shape index (κ2) is 5.91. The first-order chi connectivity index (χ1) is 9.41. The number of hydrogen-bond donors (Lipinski definition) is 2. The predicted octanol–water partition coefficient (Wildman–Crippen LogP) is 3.31. The van der Waals surface area contributed by atoms with Gasteiger partial charge in [-0.2, -0.15) is 0 Å². The van der Waals surface area contributed by atoms with Gasteiger partial charge in [0.25, 0.3) is 0 Å². The van der Waals surface area contributed by atoms with Crippen molar-refractivity contribution >= 4 is 39.1 Å². The van der Waals surface area contributed by atoms with Crippen molar-refractivity contribution < 1.29 is 4.79 Å². The maximum absolute atomic E-state index is 12.3. The van der Waals surface area contributed by atoms with Crippen LogP contribution in [0.25, 0.3) is 0 Å². The fourth-order valence-corrected chi connectivity index (χ4v) is 2.12. The molecule has 0 spiro atoms. The number of carbonyl (C=O) groups is 1. The zero-order valence-corrected chi connectivity index (χ0v) is 13.1. The molecule has 104 valence electrons. The summed E-state index contributed by atoms with van der Waals surface area (Å²) < 4.78 is 0.607. The lowest BCUT2D eigenvalue weighted by Crippen LogP contribution is -2.45. The molecule has 1 atom stereocenters. The van der Waals surface area contributed by atoms with Crippen molar-refractivity contribution in [3.63, 3.8) is 0 Å². The average molecular weight is 355 g/mol. The number of nitrogens with one attached hydrogen (secondary N) is 1. The molecule has 2 rings (SSSR count). The number of aromatic nitrogens is 1. The molecular formula is C14H13BrClN3O. The van der Waals surface area contributed by atoms with E-state index in [4.69, 9.17) is 17.3 Å². The molecule has 4 nitrogen and oxygen atoms in total. The minimum Gasteiger partial charge on any atom is -0.323 e. The van der Waals surface area contributed by atoms with Gasteiger partial charge in [0, 0.05) is 0 Å². The predicted molar refractivity (Wildman–Crippen MR) is 83.6 cm³/mol. The van der Waals surface area contributed by atoms with E-state index in [2.05, 4.69) is 26.2 Å². The first kappa shape index (κ1) is 15.0. The summed E-state index contributed by atoms with van der Waals surface area (Å²) >= 11 is 9.06. The number of rotatable bonds is 3. The van der Waals surface area contributed by atoms with E-state index in [9.17, 15) is 4.79 Å². The van der Waals surface area contributed by atoms with Gasteiger partial charge in [0.1, 0.15) is 10.7 Å². The molecule has 1 heterocycles. The standard InChI is InChI=1S/C14H13BrClN3O/c1-14(17,9-5-3-2-4-6-9)13(20)19-10-7-11(15)12(16)18-8-10/h2-8H,17H2,1H3,(H,19,20). The largest absolute Gasteiger partial charge is 0.323 e. The molecule has 0 saturated carbocycles. The summed E-state index contributed by atoms with van der Waals surface area (Å²) in [4.78, 5) is 16.3. The molecule has 0 fully saturated rings. The summed E-state index contributed by atoms with van der Waals surface area (Å²) in [5.41, 5.74) is 6.26. The Bertz CT molecular complexity index is 632. The molecule has 1 amide bonds. The van der Waals surface area contributed by atoms with E-state index in [-0.39, 0.29) is 5.91 Å². The number of pyridine rings is 1. The SMILES string of the molecule is CC(N)(C(=O)Nc1cnc(Cl)c(Br)c1)c1ccccc1. The zero-order valence-electron chi connectivity index (χ0n) is 10.7. The van der Waals surface area contributed by atoms with Crippen LogP contribution in [0.4, 0.5) is 5.69 Å². The summed E-state index contributed by atoms with van der Waals surface area (Å²) in [6.45, 7) is 1.66. The van der Waals surface area contributed by atoms with Crippen LogP contribution in [0, 0.1) is 0 Å². The Balaban J connectivity index is 2.21. The highest BCUT2D eigenvalue weighted by molar-refractivity contribution is 9.10. The van der Waals surface area contributed by atoms with Crippen LogP contribution in [0.1, 0.15) is 12.5 Å². The third kappa shape index (κ3) is 3.17. The Morgan fingerprint density at radius 1 is 1.40 bits per heavy atom. The molecule has 0 saturated heterocycles. The first-order valence-corrected chi connectivity index (χ1v) is 7.05. The van der Waals surface area contributed by atoms with Crippen LogP contribution in [0.3, 0.4) is 0 Å². The fourth-order valence-electron chi connectivity index (χ4n) is 1.67. The number of benzene rings is 1. The van der Waals surface area contributed by atoms with Gasteiger partial charge in [-0.05, 0) is 34.5 Å². The number of anilines is 1. The van der Waals surface area contributed by atoms with Crippen LogP contribution in [0.15, 0.2) is 47.1 Å². The van der Waals surface area contributed by atoms with Crippen molar-refractivity contribution in [2.75, 3.05) is 5.32 Å². The number of nitrogens with two attached hydrogens (primary N) is 1. The van der Waals surface area contributed by atoms with E-state index in [1.54, 1.807) is 13.0 Å². The number of carbonyl (C=O) groups excluding carboxylic acids is 1. The zero-order chi connectivity index (χ0) is 14.8. The quantitative estimate of drug-likeness (QED) is 0.831. The van der Waals surface area contributed by atoms with Crippen LogP contribution in [-0.2, 0) is 10.3 Å². The summed E-state index contributed by atoms with van der Waals surface area (Å²) in [5, 5.41) is 3.07. The molecule has 2 aromatic rings. The third-order valence-corrected chi connectivity index (χ3v) is 4.03. The van der Waals surface area contributed by atoms with Gasteiger partial charge in [-0.15, -0.1) is 0 Å². The Labute approximate surface area is 130 Å². The molecule has 20 heavy (non-hydrogen) atoms. The van der Waals surface area contributed by atoms with Crippen molar-refractivity contribution in [1.29, 1.82) is 0 Å². The Hall–Kier alpha value is -1.43. The molecular weight excluding hydrogens is 342 g/mol. The van der Waals surface area contributed by atoms with Gasteiger partial charge in [0.05, 0.1) is 16.4 Å². The van der Waals surface area contributed by atoms with Crippen LogP contribution < -0.4 is 11.1 Å².